The summed E-state index contributed by atoms with van der Waals surface area (Å²) >= 11 is 0. The molecule has 8 heteroatoms. The van der Waals surface area contributed by atoms with E-state index < -0.39 is 0 Å². The lowest BCUT2D eigenvalue weighted by Crippen LogP contribution is -2.17. The molecule has 0 aromatic heterocycles. The van der Waals surface area contributed by atoms with Crippen LogP contribution in [0.2, 0.25) is 0 Å². The number of rotatable bonds is 8. The van der Waals surface area contributed by atoms with Crippen molar-refractivity contribution in [2.45, 2.75) is 0 Å². The molecule has 1 amide bonds. The molecule has 0 radical (unpaired) electrons. The van der Waals surface area contributed by atoms with E-state index in [0.717, 1.165) is 11.1 Å². The van der Waals surface area contributed by atoms with Crippen molar-refractivity contribution < 1.29 is 33.2 Å². The van der Waals surface area contributed by atoms with Crippen LogP contribution in [0.25, 0.3) is 11.1 Å². The third-order valence-corrected chi connectivity index (χ3v) is 4.92. The van der Waals surface area contributed by atoms with Gasteiger partial charge in [0.2, 0.25) is 11.5 Å². The van der Waals surface area contributed by atoms with Crippen molar-refractivity contribution in [3.63, 3.8) is 0 Å². The third-order valence-electron chi connectivity index (χ3n) is 4.92. The number of hydrogen-bond donors (Lipinski definition) is 1. The number of methoxy groups -OCH3 is 6. The van der Waals surface area contributed by atoms with E-state index in [4.69, 9.17) is 28.4 Å². The Balaban J connectivity index is 2.25. The largest absolute Gasteiger partial charge is 0.493 e. The Bertz CT molecular complexity index is 947. The van der Waals surface area contributed by atoms with E-state index in [1.54, 1.807) is 33.5 Å². The summed E-state index contributed by atoms with van der Waals surface area (Å²) < 4.78 is 32.6. The second kappa shape index (κ2) is 8.86. The molecule has 2 aromatic carbocycles. The van der Waals surface area contributed by atoms with Gasteiger partial charge in [-0.1, -0.05) is 0 Å². The van der Waals surface area contributed by atoms with Crippen LogP contribution in [-0.4, -0.2) is 55.1 Å². The Morgan fingerprint density at radius 2 is 1.03 bits per heavy atom. The van der Waals surface area contributed by atoms with Crippen LogP contribution in [0.4, 0.5) is 0 Å². The molecule has 0 saturated carbocycles. The first-order valence-electron chi connectivity index (χ1n) is 9.14. The lowest BCUT2D eigenvalue weighted by atomic mass is 9.95. The summed E-state index contributed by atoms with van der Waals surface area (Å²) in [6.07, 6.45) is 0. The summed E-state index contributed by atoms with van der Waals surface area (Å²) in [5.74, 6) is 2.67. The van der Waals surface area contributed by atoms with E-state index in [9.17, 15) is 4.79 Å². The maximum Gasteiger partial charge on any atom is 0.252 e. The summed E-state index contributed by atoms with van der Waals surface area (Å²) in [5.41, 5.74) is 2.70. The van der Waals surface area contributed by atoms with Crippen LogP contribution in [-0.2, 0) is 4.79 Å². The van der Waals surface area contributed by atoms with Gasteiger partial charge in [-0.3, -0.25) is 4.79 Å². The molecule has 1 aliphatic rings. The number of ether oxygens (including phenoxy) is 6. The molecule has 1 aliphatic heterocycles. The smallest absolute Gasteiger partial charge is 0.252 e. The minimum atomic E-state index is -0.201. The molecule has 0 spiro atoms. The average molecular weight is 415 g/mol. The molecule has 0 bridgehead atoms. The van der Waals surface area contributed by atoms with Crippen LogP contribution in [0.15, 0.2) is 24.3 Å². The van der Waals surface area contributed by atoms with Crippen molar-refractivity contribution >= 4 is 17.1 Å². The Morgan fingerprint density at radius 1 is 0.633 bits per heavy atom. The van der Waals surface area contributed by atoms with Gasteiger partial charge in [-0.2, -0.15) is 0 Å². The Kier molecular flexibility index (Phi) is 6.25. The Morgan fingerprint density at radius 3 is 1.40 bits per heavy atom. The Hall–Kier alpha value is -3.55. The second-order valence-electron chi connectivity index (χ2n) is 6.36. The van der Waals surface area contributed by atoms with Crippen molar-refractivity contribution in [2.24, 2.45) is 0 Å². The van der Waals surface area contributed by atoms with Crippen molar-refractivity contribution in [1.29, 1.82) is 0 Å². The number of carbonyl (C=O) groups excluding carboxylic acids is 1. The van der Waals surface area contributed by atoms with E-state index in [1.165, 1.54) is 21.3 Å². The third kappa shape index (κ3) is 3.56. The Labute approximate surface area is 175 Å². The van der Waals surface area contributed by atoms with Gasteiger partial charge in [0, 0.05) is 6.54 Å². The maximum atomic E-state index is 12.8. The fourth-order valence-electron chi connectivity index (χ4n) is 3.51. The van der Waals surface area contributed by atoms with Gasteiger partial charge in [0.25, 0.3) is 5.91 Å². The zero-order valence-electron chi connectivity index (χ0n) is 17.9. The van der Waals surface area contributed by atoms with E-state index >= 15 is 0 Å². The summed E-state index contributed by atoms with van der Waals surface area (Å²) in [7, 11) is 9.24. The SMILES string of the molecule is COc1cc(C2=C(c3cc(OC)c(OC)c(OC)c3)C(=O)NC2)cc(OC)c1OC. The highest BCUT2D eigenvalue weighted by Gasteiger charge is 2.28. The summed E-state index contributed by atoms with van der Waals surface area (Å²) in [4.78, 5) is 12.8. The number of carbonyl (C=O) groups is 1. The fraction of sp³-hybridized carbons (Fsp3) is 0.318. The molecular formula is C22H25NO7. The van der Waals surface area contributed by atoms with Gasteiger partial charge in [0.15, 0.2) is 23.0 Å². The topological polar surface area (TPSA) is 84.5 Å². The molecule has 3 rings (SSSR count). The predicted octanol–water partition coefficient (Wildman–Crippen LogP) is 2.78. The van der Waals surface area contributed by atoms with Gasteiger partial charge in [-0.05, 0) is 41.0 Å². The quantitative estimate of drug-likeness (QED) is 0.710. The molecule has 0 saturated heterocycles. The van der Waals surface area contributed by atoms with E-state index in [1.807, 2.05) is 12.1 Å². The molecule has 8 nitrogen and oxygen atoms in total. The van der Waals surface area contributed by atoms with Crippen LogP contribution in [0, 0.1) is 0 Å². The van der Waals surface area contributed by atoms with Gasteiger partial charge in [0.05, 0.1) is 48.2 Å². The molecule has 1 heterocycles. The van der Waals surface area contributed by atoms with Crippen LogP contribution in [0.3, 0.4) is 0 Å². The monoisotopic (exact) mass is 415 g/mol. The molecule has 0 fully saturated rings. The highest BCUT2D eigenvalue weighted by Crippen LogP contribution is 2.44. The maximum absolute atomic E-state index is 12.8. The van der Waals surface area contributed by atoms with Crippen molar-refractivity contribution in [3.05, 3.63) is 35.4 Å². The van der Waals surface area contributed by atoms with Crippen molar-refractivity contribution in [1.82, 2.24) is 5.32 Å². The molecule has 160 valence electrons. The first-order valence-corrected chi connectivity index (χ1v) is 9.14. The van der Waals surface area contributed by atoms with Crippen molar-refractivity contribution in [2.75, 3.05) is 49.2 Å². The molecular weight excluding hydrogens is 390 g/mol. The predicted molar refractivity (Wildman–Crippen MR) is 112 cm³/mol. The molecule has 0 aliphatic carbocycles. The van der Waals surface area contributed by atoms with Crippen LogP contribution < -0.4 is 33.7 Å². The first kappa shape index (κ1) is 21.2. The van der Waals surface area contributed by atoms with Crippen LogP contribution in [0.5, 0.6) is 34.5 Å². The van der Waals surface area contributed by atoms with Gasteiger partial charge in [-0.15, -0.1) is 0 Å². The lowest BCUT2D eigenvalue weighted by Gasteiger charge is -2.16. The standard InChI is InChI=1S/C22H25NO7/c1-25-15-7-12(8-16(26-2)20(15)29-5)14-11-23-22(24)19(14)13-9-17(27-3)21(30-6)18(10-13)28-4/h7-10H,11H2,1-6H3,(H,23,24). The fourth-order valence-corrected chi connectivity index (χ4v) is 3.51. The van der Waals surface area contributed by atoms with Crippen molar-refractivity contribution in [3.8, 4) is 34.5 Å². The number of benzene rings is 2. The van der Waals surface area contributed by atoms with Gasteiger partial charge < -0.3 is 33.7 Å². The highest BCUT2D eigenvalue weighted by atomic mass is 16.5. The summed E-state index contributed by atoms with van der Waals surface area (Å²) in [5, 5.41) is 2.89. The van der Waals surface area contributed by atoms with E-state index in [2.05, 4.69) is 5.32 Å². The van der Waals surface area contributed by atoms with E-state index in [0.29, 0.717) is 52.2 Å². The number of nitrogens with one attached hydrogen (secondary N) is 1. The highest BCUT2D eigenvalue weighted by molar-refractivity contribution is 6.30. The zero-order chi connectivity index (χ0) is 21.8. The van der Waals surface area contributed by atoms with Gasteiger partial charge in [-0.25, -0.2) is 0 Å². The number of hydrogen-bond acceptors (Lipinski definition) is 7. The molecule has 2 aromatic rings. The average Bonchev–Trinajstić information content (AvgIpc) is 3.17. The molecule has 1 N–H and O–H groups in total. The number of amides is 1. The molecule has 30 heavy (non-hydrogen) atoms. The van der Waals surface area contributed by atoms with Crippen LogP contribution >= 0.6 is 0 Å². The second-order valence-corrected chi connectivity index (χ2v) is 6.36. The van der Waals surface area contributed by atoms with Gasteiger partial charge >= 0.3 is 0 Å². The minimum Gasteiger partial charge on any atom is -0.493 e. The molecule has 0 unspecified atom stereocenters. The van der Waals surface area contributed by atoms with Gasteiger partial charge in [0.1, 0.15) is 0 Å². The lowest BCUT2D eigenvalue weighted by molar-refractivity contribution is -0.114. The summed E-state index contributed by atoms with van der Waals surface area (Å²) in [6, 6.07) is 7.13. The minimum absolute atomic E-state index is 0.201. The zero-order valence-corrected chi connectivity index (χ0v) is 17.9. The van der Waals surface area contributed by atoms with E-state index in [-0.39, 0.29) is 5.91 Å². The molecule has 0 atom stereocenters. The first-order chi connectivity index (χ1) is 14.5. The van der Waals surface area contributed by atoms with Crippen LogP contribution in [0.1, 0.15) is 11.1 Å². The summed E-state index contributed by atoms with van der Waals surface area (Å²) in [6.45, 7) is 0.351. The normalized spacial score (nSPS) is 13.1.